The quantitative estimate of drug-likeness (QED) is 0.630. The van der Waals surface area contributed by atoms with E-state index in [0.717, 1.165) is 17.1 Å². The Kier molecular flexibility index (Phi) is 3.56. The van der Waals surface area contributed by atoms with Crippen molar-refractivity contribution in [3.05, 3.63) is 22.5 Å². The van der Waals surface area contributed by atoms with Gasteiger partial charge in [0.25, 0.3) is 0 Å². The molecule has 1 aromatic heterocycles. The van der Waals surface area contributed by atoms with Crippen LogP contribution >= 0.6 is 0 Å². The zero-order valence-electron chi connectivity index (χ0n) is 11.8. The molecule has 3 unspecified atom stereocenters. The molecule has 1 saturated carbocycles. The van der Waals surface area contributed by atoms with E-state index >= 15 is 8.78 Å². The predicted molar refractivity (Wildman–Crippen MR) is 69.7 cm³/mol. The number of rotatable bonds is 3. The van der Waals surface area contributed by atoms with Crippen LogP contribution in [0, 0.1) is 22.0 Å². The largest absolute Gasteiger partial charge is 0.307 e. The molecule has 1 aliphatic carbocycles. The molecule has 1 fully saturated rings. The molecule has 0 bridgehead atoms. The number of nitrogens with zero attached hydrogens (tertiary/aromatic N) is 3. The maximum absolute atomic E-state index is 15.4. The molecule has 0 aliphatic heterocycles. The first-order chi connectivity index (χ1) is 9.20. The predicted octanol–water partition coefficient (Wildman–Crippen LogP) is 3.60. The number of nitro groups is 1. The SMILES string of the molecule is CC1CCC(F)(C(C)C)C(F)(n2cc([N+](=O)[O-])cn2)C1. The normalized spacial score (nSPS) is 34.4. The van der Waals surface area contributed by atoms with Gasteiger partial charge in [0.1, 0.15) is 12.4 Å². The van der Waals surface area contributed by atoms with Crippen LogP contribution in [0.5, 0.6) is 0 Å². The van der Waals surface area contributed by atoms with E-state index in [1.165, 1.54) is 0 Å². The number of hydrogen-bond acceptors (Lipinski definition) is 3. The van der Waals surface area contributed by atoms with Gasteiger partial charge in [-0.15, -0.1) is 0 Å². The monoisotopic (exact) mass is 287 g/mol. The fourth-order valence-corrected chi connectivity index (χ4v) is 3.00. The summed E-state index contributed by atoms with van der Waals surface area (Å²) in [5, 5.41) is 14.4. The van der Waals surface area contributed by atoms with Gasteiger partial charge in [-0.3, -0.25) is 10.1 Å². The summed E-state index contributed by atoms with van der Waals surface area (Å²) in [4.78, 5) is 10.0. The van der Waals surface area contributed by atoms with E-state index in [4.69, 9.17) is 0 Å². The summed E-state index contributed by atoms with van der Waals surface area (Å²) in [6.07, 6.45) is 2.61. The summed E-state index contributed by atoms with van der Waals surface area (Å²) in [7, 11) is 0. The molecular formula is C13H19F2N3O2. The maximum Gasteiger partial charge on any atom is 0.307 e. The van der Waals surface area contributed by atoms with Gasteiger partial charge < -0.3 is 0 Å². The van der Waals surface area contributed by atoms with Gasteiger partial charge in [0.15, 0.2) is 5.67 Å². The van der Waals surface area contributed by atoms with Crippen molar-refractivity contribution >= 4 is 5.69 Å². The molecule has 1 aromatic rings. The Morgan fingerprint density at radius 2 is 2.20 bits per heavy atom. The highest BCUT2D eigenvalue weighted by Gasteiger charge is 2.60. The van der Waals surface area contributed by atoms with Crippen molar-refractivity contribution in [3.8, 4) is 0 Å². The van der Waals surface area contributed by atoms with Crippen molar-refractivity contribution in [2.45, 2.75) is 51.5 Å². The zero-order chi connectivity index (χ0) is 15.1. The molecule has 0 amide bonds. The molecule has 3 atom stereocenters. The van der Waals surface area contributed by atoms with E-state index in [-0.39, 0.29) is 24.4 Å². The number of hydrogen-bond donors (Lipinski definition) is 0. The second-order valence-corrected chi connectivity index (χ2v) is 6.02. The molecule has 0 saturated heterocycles. The average Bonchev–Trinajstić information content (AvgIpc) is 2.84. The van der Waals surface area contributed by atoms with Gasteiger partial charge in [0.2, 0.25) is 5.79 Å². The Hall–Kier alpha value is -1.53. The van der Waals surface area contributed by atoms with Crippen LogP contribution in [0.4, 0.5) is 14.5 Å². The van der Waals surface area contributed by atoms with Crippen LogP contribution < -0.4 is 0 Å². The minimum Gasteiger partial charge on any atom is -0.258 e. The van der Waals surface area contributed by atoms with E-state index in [9.17, 15) is 10.1 Å². The van der Waals surface area contributed by atoms with Crippen LogP contribution in [0.25, 0.3) is 0 Å². The van der Waals surface area contributed by atoms with E-state index in [1.807, 2.05) is 6.92 Å². The minimum absolute atomic E-state index is 0.00545. The van der Waals surface area contributed by atoms with Crippen LogP contribution in [0.15, 0.2) is 12.4 Å². The molecule has 5 nitrogen and oxygen atoms in total. The smallest absolute Gasteiger partial charge is 0.258 e. The van der Waals surface area contributed by atoms with Crippen molar-refractivity contribution in [1.29, 1.82) is 0 Å². The third-order valence-electron chi connectivity index (χ3n) is 4.31. The highest BCUT2D eigenvalue weighted by atomic mass is 19.2. The first-order valence-electron chi connectivity index (χ1n) is 6.78. The topological polar surface area (TPSA) is 61.0 Å². The minimum atomic E-state index is -2.34. The molecule has 1 heterocycles. The molecule has 0 radical (unpaired) electrons. The van der Waals surface area contributed by atoms with E-state index in [0.29, 0.717) is 6.42 Å². The van der Waals surface area contributed by atoms with E-state index in [1.54, 1.807) is 13.8 Å². The summed E-state index contributed by atoms with van der Waals surface area (Å²) < 4.78 is 31.4. The van der Waals surface area contributed by atoms with E-state index in [2.05, 4.69) is 5.10 Å². The number of aromatic nitrogens is 2. The lowest BCUT2D eigenvalue weighted by Gasteiger charge is -2.47. The highest BCUT2D eigenvalue weighted by molar-refractivity contribution is 5.22. The molecule has 0 aromatic carbocycles. The van der Waals surface area contributed by atoms with Crippen LogP contribution in [0.2, 0.25) is 0 Å². The third kappa shape index (κ3) is 2.09. The summed E-state index contributed by atoms with van der Waals surface area (Å²) in [6, 6.07) is 0. The van der Waals surface area contributed by atoms with Crippen LogP contribution in [-0.2, 0) is 5.79 Å². The lowest BCUT2D eigenvalue weighted by molar-refractivity contribution is -0.385. The molecule has 112 valence electrons. The average molecular weight is 287 g/mol. The fourth-order valence-electron chi connectivity index (χ4n) is 3.00. The van der Waals surface area contributed by atoms with Crippen molar-refractivity contribution in [3.63, 3.8) is 0 Å². The van der Waals surface area contributed by atoms with Gasteiger partial charge in [-0.05, 0) is 24.7 Å². The number of halogens is 2. The van der Waals surface area contributed by atoms with Gasteiger partial charge >= 0.3 is 5.69 Å². The second-order valence-electron chi connectivity index (χ2n) is 6.02. The van der Waals surface area contributed by atoms with Crippen molar-refractivity contribution < 1.29 is 13.7 Å². The Labute approximate surface area is 116 Å². The van der Waals surface area contributed by atoms with Crippen LogP contribution in [0.1, 0.15) is 40.0 Å². The van der Waals surface area contributed by atoms with Crippen molar-refractivity contribution in [2.24, 2.45) is 11.8 Å². The Bertz CT molecular complexity index is 519. The summed E-state index contributed by atoms with van der Waals surface area (Å²) in [5.41, 5.74) is -2.40. The van der Waals surface area contributed by atoms with Gasteiger partial charge in [0, 0.05) is 6.42 Å². The lowest BCUT2D eigenvalue weighted by atomic mass is 9.70. The van der Waals surface area contributed by atoms with E-state index < -0.39 is 22.3 Å². The van der Waals surface area contributed by atoms with Crippen molar-refractivity contribution in [1.82, 2.24) is 9.78 Å². The van der Waals surface area contributed by atoms with Gasteiger partial charge in [0.05, 0.1) is 4.92 Å². The third-order valence-corrected chi connectivity index (χ3v) is 4.31. The fraction of sp³-hybridized carbons (Fsp3) is 0.769. The standard InChI is InChI=1S/C13H19F2N3O2/c1-9(2)12(14)5-4-10(3)6-13(12,15)17-8-11(7-16-17)18(19)20/h7-10H,4-6H2,1-3H3. The molecular weight excluding hydrogens is 268 g/mol. The summed E-state index contributed by atoms with van der Waals surface area (Å²) >= 11 is 0. The maximum atomic E-state index is 15.4. The first-order valence-corrected chi connectivity index (χ1v) is 6.78. The Balaban J connectivity index is 2.48. The molecule has 2 rings (SSSR count). The zero-order valence-corrected chi connectivity index (χ0v) is 11.8. The van der Waals surface area contributed by atoms with Gasteiger partial charge in [-0.2, -0.15) is 5.10 Å². The Morgan fingerprint density at radius 1 is 1.55 bits per heavy atom. The van der Waals surface area contributed by atoms with Gasteiger partial charge in [-0.25, -0.2) is 13.5 Å². The molecule has 7 heteroatoms. The summed E-state index contributed by atoms with van der Waals surface area (Å²) in [5.74, 6) is -2.87. The number of alkyl halides is 2. The summed E-state index contributed by atoms with van der Waals surface area (Å²) in [6.45, 7) is 5.11. The van der Waals surface area contributed by atoms with Crippen LogP contribution in [0.3, 0.4) is 0 Å². The first kappa shape index (κ1) is 14.9. The second kappa shape index (κ2) is 4.79. The molecule has 20 heavy (non-hydrogen) atoms. The molecule has 0 spiro atoms. The molecule has 0 N–H and O–H groups in total. The highest BCUT2D eigenvalue weighted by Crippen LogP contribution is 2.52. The Morgan fingerprint density at radius 3 is 2.70 bits per heavy atom. The van der Waals surface area contributed by atoms with Crippen molar-refractivity contribution in [2.75, 3.05) is 0 Å². The lowest BCUT2D eigenvalue weighted by Crippen LogP contribution is -2.56. The van der Waals surface area contributed by atoms with Gasteiger partial charge in [-0.1, -0.05) is 20.8 Å². The van der Waals surface area contributed by atoms with Crippen LogP contribution in [-0.4, -0.2) is 20.4 Å². The molecule has 1 aliphatic rings.